The summed E-state index contributed by atoms with van der Waals surface area (Å²) < 4.78 is 0. The summed E-state index contributed by atoms with van der Waals surface area (Å²) in [5, 5.41) is 9.78. The van der Waals surface area contributed by atoms with Crippen LogP contribution in [0.4, 0.5) is 11.4 Å². The second-order valence-corrected chi connectivity index (χ2v) is 3.66. The van der Waals surface area contributed by atoms with Crippen molar-refractivity contribution in [1.82, 2.24) is 0 Å². The summed E-state index contributed by atoms with van der Waals surface area (Å²) in [4.78, 5) is 12.1. The van der Waals surface area contributed by atoms with Crippen LogP contribution in [0, 0.1) is 0 Å². The monoisotopic (exact) mass is 228 g/mol. The Bertz CT molecular complexity index is 565. The number of aromatic hydroxyl groups is 1. The van der Waals surface area contributed by atoms with Gasteiger partial charge in [-0.25, -0.2) is 0 Å². The van der Waals surface area contributed by atoms with E-state index in [1.54, 1.807) is 24.3 Å². The summed E-state index contributed by atoms with van der Waals surface area (Å²) in [6, 6.07) is 11.6. The van der Waals surface area contributed by atoms with Crippen LogP contribution >= 0.6 is 0 Å². The Labute approximate surface area is 98.5 Å². The van der Waals surface area contributed by atoms with Gasteiger partial charge >= 0.3 is 0 Å². The maximum Gasteiger partial charge on any atom is 0.196 e. The molecule has 0 atom stereocenters. The molecule has 0 bridgehead atoms. The lowest BCUT2D eigenvalue weighted by Crippen LogP contribution is -2.04. The van der Waals surface area contributed by atoms with Crippen molar-refractivity contribution in [2.45, 2.75) is 0 Å². The first-order valence-electron chi connectivity index (χ1n) is 5.08. The van der Waals surface area contributed by atoms with Gasteiger partial charge in [0.1, 0.15) is 0 Å². The van der Waals surface area contributed by atoms with Crippen LogP contribution in [-0.2, 0) is 0 Å². The lowest BCUT2D eigenvalue weighted by atomic mass is 10.0. The van der Waals surface area contributed by atoms with Gasteiger partial charge < -0.3 is 16.6 Å². The van der Waals surface area contributed by atoms with Gasteiger partial charge in [-0.1, -0.05) is 30.3 Å². The van der Waals surface area contributed by atoms with Crippen LogP contribution in [0.3, 0.4) is 0 Å². The number of anilines is 2. The highest BCUT2D eigenvalue weighted by atomic mass is 16.3. The highest BCUT2D eigenvalue weighted by molar-refractivity contribution is 6.12. The fourth-order valence-electron chi connectivity index (χ4n) is 1.55. The van der Waals surface area contributed by atoms with Crippen molar-refractivity contribution in [3.63, 3.8) is 0 Å². The number of hydrogen-bond donors (Lipinski definition) is 3. The second-order valence-electron chi connectivity index (χ2n) is 3.66. The molecule has 0 aliphatic heterocycles. The number of hydrogen-bond acceptors (Lipinski definition) is 4. The summed E-state index contributed by atoms with van der Waals surface area (Å²) in [5.74, 6) is -0.548. The van der Waals surface area contributed by atoms with Crippen molar-refractivity contribution in [1.29, 1.82) is 0 Å². The number of benzene rings is 2. The second kappa shape index (κ2) is 4.17. The largest absolute Gasteiger partial charge is 0.505 e. The first-order valence-corrected chi connectivity index (χ1v) is 5.08. The van der Waals surface area contributed by atoms with Crippen LogP contribution in [0.1, 0.15) is 15.9 Å². The predicted octanol–water partition coefficient (Wildman–Crippen LogP) is 1.79. The molecule has 86 valence electrons. The van der Waals surface area contributed by atoms with Crippen molar-refractivity contribution in [3.8, 4) is 5.75 Å². The van der Waals surface area contributed by atoms with Gasteiger partial charge in [-0.15, -0.1) is 0 Å². The maximum atomic E-state index is 12.1. The van der Waals surface area contributed by atoms with Gasteiger partial charge in [-0.05, 0) is 12.1 Å². The highest BCUT2D eigenvalue weighted by Crippen LogP contribution is 2.31. The molecule has 0 heterocycles. The number of nitrogens with two attached hydrogens (primary N) is 2. The van der Waals surface area contributed by atoms with Gasteiger partial charge in [-0.2, -0.15) is 0 Å². The molecule has 2 aromatic carbocycles. The van der Waals surface area contributed by atoms with Gasteiger partial charge in [0.2, 0.25) is 0 Å². The van der Waals surface area contributed by atoms with Crippen LogP contribution in [0.25, 0.3) is 0 Å². The van der Waals surface area contributed by atoms with Crippen LogP contribution in [0.2, 0.25) is 0 Å². The Morgan fingerprint density at radius 2 is 1.65 bits per heavy atom. The average molecular weight is 228 g/mol. The SMILES string of the molecule is Nc1ccc(C(=O)c2ccccc2)c(O)c1N. The molecule has 0 aromatic heterocycles. The zero-order chi connectivity index (χ0) is 12.4. The van der Waals surface area contributed by atoms with Gasteiger partial charge in [0.05, 0.1) is 16.9 Å². The summed E-state index contributed by atoms with van der Waals surface area (Å²) >= 11 is 0. The number of carbonyl (C=O) groups excluding carboxylic acids is 1. The Morgan fingerprint density at radius 3 is 2.29 bits per heavy atom. The highest BCUT2D eigenvalue weighted by Gasteiger charge is 2.16. The quantitative estimate of drug-likeness (QED) is 0.415. The minimum atomic E-state index is -0.283. The van der Waals surface area contributed by atoms with E-state index in [0.29, 0.717) is 5.56 Å². The molecular formula is C13H12N2O2. The zero-order valence-corrected chi connectivity index (χ0v) is 9.05. The topological polar surface area (TPSA) is 89.3 Å². The van der Waals surface area contributed by atoms with E-state index in [2.05, 4.69) is 0 Å². The summed E-state index contributed by atoms with van der Waals surface area (Å²) in [7, 11) is 0. The van der Waals surface area contributed by atoms with Gasteiger partial charge in [0.15, 0.2) is 11.5 Å². The molecule has 0 saturated heterocycles. The van der Waals surface area contributed by atoms with Crippen LogP contribution < -0.4 is 11.5 Å². The third kappa shape index (κ3) is 1.92. The lowest BCUT2D eigenvalue weighted by molar-refractivity contribution is 0.103. The Hall–Kier alpha value is -2.49. The minimum Gasteiger partial charge on any atom is -0.505 e. The molecule has 0 radical (unpaired) electrons. The molecule has 0 saturated carbocycles. The summed E-state index contributed by atoms with van der Waals surface area (Å²) in [6.07, 6.45) is 0. The average Bonchev–Trinajstić information content (AvgIpc) is 2.36. The van der Waals surface area contributed by atoms with Crippen LogP contribution in [0.15, 0.2) is 42.5 Å². The molecule has 17 heavy (non-hydrogen) atoms. The number of phenolic OH excluding ortho intramolecular Hbond substituents is 1. The maximum absolute atomic E-state index is 12.1. The van der Waals surface area contributed by atoms with E-state index in [9.17, 15) is 9.90 Å². The van der Waals surface area contributed by atoms with Crippen molar-refractivity contribution in [2.75, 3.05) is 11.5 Å². The molecule has 4 nitrogen and oxygen atoms in total. The normalized spacial score (nSPS) is 10.1. The van der Waals surface area contributed by atoms with E-state index in [1.807, 2.05) is 6.07 Å². The van der Waals surface area contributed by atoms with E-state index in [0.717, 1.165) is 0 Å². The zero-order valence-electron chi connectivity index (χ0n) is 9.05. The van der Waals surface area contributed by atoms with Crippen LogP contribution in [0.5, 0.6) is 5.75 Å². The molecule has 2 rings (SSSR count). The van der Waals surface area contributed by atoms with Gasteiger partial charge in [0, 0.05) is 5.56 Å². The molecule has 0 amide bonds. The van der Waals surface area contributed by atoms with Gasteiger partial charge in [-0.3, -0.25) is 4.79 Å². The van der Waals surface area contributed by atoms with E-state index in [-0.39, 0.29) is 28.5 Å². The third-order valence-corrected chi connectivity index (χ3v) is 2.53. The molecule has 5 N–H and O–H groups in total. The first kappa shape index (κ1) is 11.0. The van der Waals surface area contributed by atoms with E-state index in [4.69, 9.17) is 11.5 Å². The molecule has 2 aromatic rings. The smallest absolute Gasteiger partial charge is 0.196 e. The number of rotatable bonds is 2. The Kier molecular flexibility index (Phi) is 2.70. The van der Waals surface area contributed by atoms with E-state index < -0.39 is 0 Å². The fourth-order valence-corrected chi connectivity index (χ4v) is 1.55. The standard InChI is InChI=1S/C13H12N2O2/c14-10-7-6-9(13(17)11(10)15)12(16)8-4-2-1-3-5-8/h1-7,17H,14-15H2. The molecule has 0 unspecified atom stereocenters. The van der Waals surface area contributed by atoms with Crippen molar-refractivity contribution >= 4 is 17.2 Å². The number of ketones is 1. The summed E-state index contributed by atoms with van der Waals surface area (Å²) in [5.41, 5.74) is 12.0. The fraction of sp³-hybridized carbons (Fsp3) is 0. The molecular weight excluding hydrogens is 216 g/mol. The van der Waals surface area contributed by atoms with Crippen molar-refractivity contribution < 1.29 is 9.90 Å². The van der Waals surface area contributed by atoms with Crippen molar-refractivity contribution in [2.24, 2.45) is 0 Å². The van der Waals surface area contributed by atoms with E-state index >= 15 is 0 Å². The van der Waals surface area contributed by atoms with Crippen molar-refractivity contribution in [3.05, 3.63) is 53.6 Å². The Morgan fingerprint density at radius 1 is 1.00 bits per heavy atom. The Balaban J connectivity index is 2.49. The molecule has 4 heteroatoms. The lowest BCUT2D eigenvalue weighted by Gasteiger charge is -2.08. The molecule has 0 fully saturated rings. The summed E-state index contributed by atoms with van der Waals surface area (Å²) in [6.45, 7) is 0. The molecule has 0 aliphatic rings. The number of carbonyl (C=O) groups is 1. The van der Waals surface area contributed by atoms with Gasteiger partial charge in [0.25, 0.3) is 0 Å². The molecule has 0 spiro atoms. The van der Waals surface area contributed by atoms with E-state index in [1.165, 1.54) is 12.1 Å². The number of phenols is 1. The first-order chi connectivity index (χ1) is 8.11. The van der Waals surface area contributed by atoms with Crippen LogP contribution in [-0.4, -0.2) is 10.9 Å². The predicted molar refractivity (Wildman–Crippen MR) is 66.8 cm³/mol. The minimum absolute atomic E-state index is 0.0341. The number of nitrogen functional groups attached to an aromatic ring is 2. The molecule has 0 aliphatic carbocycles. The third-order valence-electron chi connectivity index (χ3n) is 2.53.